The zero-order valence-electron chi connectivity index (χ0n) is 16.4. The van der Waals surface area contributed by atoms with E-state index in [1.165, 1.54) is 11.4 Å². The number of hydrogen-bond donors (Lipinski definition) is 1. The molecule has 3 aromatic rings. The lowest BCUT2D eigenvalue weighted by atomic mass is 10.0. The van der Waals surface area contributed by atoms with Gasteiger partial charge in [-0.1, -0.05) is 61.5 Å². The lowest BCUT2D eigenvalue weighted by Crippen LogP contribution is -2.29. The minimum atomic E-state index is -3.70. The SMILES string of the molecule is CC[C@H](NC(=O)c1cccc(N(C)S(=O)(=O)c2ccccc2)c1)c1ccccc1. The van der Waals surface area contributed by atoms with Gasteiger partial charge in [-0.25, -0.2) is 8.42 Å². The van der Waals surface area contributed by atoms with E-state index in [1.54, 1.807) is 54.6 Å². The maximum absolute atomic E-state index is 12.8. The monoisotopic (exact) mass is 408 g/mol. The molecule has 3 rings (SSSR count). The Hall–Kier alpha value is -3.12. The summed E-state index contributed by atoms with van der Waals surface area (Å²) in [5.74, 6) is -0.243. The number of sulfonamides is 1. The standard InChI is InChI=1S/C23H24N2O3S/c1-3-22(18-11-6-4-7-12-18)24-23(26)19-13-10-14-20(17-19)25(2)29(27,28)21-15-8-5-9-16-21/h4-17,22H,3H2,1-2H3,(H,24,26)/t22-/m0/s1. The molecule has 0 unspecified atom stereocenters. The summed E-state index contributed by atoms with van der Waals surface area (Å²) in [5.41, 5.74) is 1.87. The molecule has 0 aliphatic carbocycles. The fraction of sp³-hybridized carbons (Fsp3) is 0.174. The molecule has 0 aliphatic heterocycles. The van der Waals surface area contributed by atoms with Crippen LogP contribution in [0.1, 0.15) is 35.3 Å². The summed E-state index contributed by atoms with van der Waals surface area (Å²) in [6.07, 6.45) is 0.748. The largest absolute Gasteiger partial charge is 0.345 e. The predicted octanol–water partition coefficient (Wildman–Crippen LogP) is 4.39. The highest BCUT2D eigenvalue weighted by atomic mass is 32.2. The molecule has 29 heavy (non-hydrogen) atoms. The number of hydrogen-bond acceptors (Lipinski definition) is 3. The normalized spacial score (nSPS) is 12.2. The molecular weight excluding hydrogens is 384 g/mol. The van der Waals surface area contributed by atoms with E-state index in [0.717, 1.165) is 12.0 Å². The maximum atomic E-state index is 12.8. The third kappa shape index (κ3) is 4.66. The summed E-state index contributed by atoms with van der Waals surface area (Å²) >= 11 is 0. The van der Waals surface area contributed by atoms with Crippen molar-refractivity contribution in [2.75, 3.05) is 11.4 Å². The average molecular weight is 409 g/mol. The van der Waals surface area contributed by atoms with Gasteiger partial charge in [-0.2, -0.15) is 0 Å². The Balaban J connectivity index is 1.83. The smallest absolute Gasteiger partial charge is 0.264 e. The molecule has 1 atom stereocenters. The molecule has 0 fully saturated rings. The van der Waals surface area contributed by atoms with Crippen molar-refractivity contribution >= 4 is 21.6 Å². The van der Waals surface area contributed by atoms with Gasteiger partial charge in [-0.15, -0.1) is 0 Å². The Morgan fingerprint density at radius 1 is 0.931 bits per heavy atom. The molecule has 0 radical (unpaired) electrons. The van der Waals surface area contributed by atoms with Gasteiger partial charge < -0.3 is 5.32 Å². The van der Waals surface area contributed by atoms with Crippen LogP contribution >= 0.6 is 0 Å². The lowest BCUT2D eigenvalue weighted by molar-refractivity contribution is 0.0935. The second-order valence-corrected chi connectivity index (χ2v) is 8.65. The first kappa shape index (κ1) is 20.6. The van der Waals surface area contributed by atoms with Crippen molar-refractivity contribution in [1.82, 2.24) is 5.32 Å². The van der Waals surface area contributed by atoms with Crippen LogP contribution in [0.3, 0.4) is 0 Å². The second-order valence-electron chi connectivity index (χ2n) is 6.68. The van der Waals surface area contributed by atoms with Gasteiger partial charge >= 0.3 is 0 Å². The van der Waals surface area contributed by atoms with Crippen LogP contribution in [0.15, 0.2) is 89.8 Å². The van der Waals surface area contributed by atoms with Gasteiger partial charge in [-0.05, 0) is 42.3 Å². The Labute approximate surface area is 172 Å². The third-order valence-corrected chi connectivity index (χ3v) is 6.59. The highest BCUT2D eigenvalue weighted by Gasteiger charge is 2.22. The molecule has 1 N–H and O–H groups in total. The molecular formula is C23H24N2O3S. The number of carbonyl (C=O) groups excluding carboxylic acids is 1. The fourth-order valence-electron chi connectivity index (χ4n) is 3.08. The van der Waals surface area contributed by atoms with E-state index >= 15 is 0 Å². The number of anilines is 1. The molecule has 1 amide bonds. The number of amides is 1. The quantitative estimate of drug-likeness (QED) is 0.630. The summed E-state index contributed by atoms with van der Waals surface area (Å²) in [6.45, 7) is 2.01. The Bertz CT molecular complexity index is 1070. The highest BCUT2D eigenvalue weighted by molar-refractivity contribution is 7.92. The van der Waals surface area contributed by atoms with E-state index < -0.39 is 10.0 Å². The average Bonchev–Trinajstić information content (AvgIpc) is 2.78. The summed E-state index contributed by atoms with van der Waals surface area (Å²) in [6, 6.07) is 24.5. The molecule has 5 nitrogen and oxygen atoms in total. The van der Waals surface area contributed by atoms with Crippen molar-refractivity contribution in [1.29, 1.82) is 0 Å². The molecule has 0 saturated carbocycles. The molecule has 0 bridgehead atoms. The summed E-state index contributed by atoms with van der Waals surface area (Å²) in [5, 5.41) is 3.03. The van der Waals surface area contributed by atoms with Crippen molar-refractivity contribution in [3.05, 3.63) is 96.1 Å². The zero-order chi connectivity index (χ0) is 20.9. The molecule has 3 aromatic carbocycles. The minimum Gasteiger partial charge on any atom is -0.345 e. The highest BCUT2D eigenvalue weighted by Crippen LogP contribution is 2.23. The maximum Gasteiger partial charge on any atom is 0.264 e. The first-order valence-electron chi connectivity index (χ1n) is 9.43. The summed E-state index contributed by atoms with van der Waals surface area (Å²) in [4.78, 5) is 13.0. The van der Waals surface area contributed by atoms with E-state index in [1.807, 2.05) is 37.3 Å². The van der Waals surface area contributed by atoms with Gasteiger partial charge in [0.1, 0.15) is 0 Å². The van der Waals surface area contributed by atoms with Crippen LogP contribution in [0.2, 0.25) is 0 Å². The van der Waals surface area contributed by atoms with Crippen LogP contribution in [0.25, 0.3) is 0 Å². The van der Waals surface area contributed by atoms with E-state index in [9.17, 15) is 13.2 Å². The van der Waals surface area contributed by atoms with Gasteiger partial charge in [0.15, 0.2) is 0 Å². The van der Waals surface area contributed by atoms with Gasteiger partial charge in [0.2, 0.25) is 0 Å². The Kier molecular flexibility index (Phi) is 6.34. The lowest BCUT2D eigenvalue weighted by Gasteiger charge is -2.21. The van der Waals surface area contributed by atoms with Crippen LogP contribution in [0, 0.1) is 0 Å². The van der Waals surface area contributed by atoms with Crippen molar-refractivity contribution in [3.63, 3.8) is 0 Å². The molecule has 0 saturated heterocycles. The second kappa shape index (κ2) is 8.92. The van der Waals surface area contributed by atoms with Crippen molar-refractivity contribution in [3.8, 4) is 0 Å². The van der Waals surface area contributed by atoms with E-state index in [0.29, 0.717) is 11.3 Å². The first-order chi connectivity index (χ1) is 13.9. The number of nitrogens with one attached hydrogen (secondary N) is 1. The number of nitrogens with zero attached hydrogens (tertiary/aromatic N) is 1. The Morgan fingerprint density at radius 2 is 1.55 bits per heavy atom. The minimum absolute atomic E-state index is 0.113. The van der Waals surface area contributed by atoms with Crippen LogP contribution in [0.4, 0.5) is 5.69 Å². The van der Waals surface area contributed by atoms with Crippen LogP contribution in [0.5, 0.6) is 0 Å². The van der Waals surface area contributed by atoms with Crippen LogP contribution < -0.4 is 9.62 Å². The fourth-order valence-corrected chi connectivity index (χ4v) is 4.29. The van der Waals surface area contributed by atoms with Gasteiger partial charge in [0, 0.05) is 12.6 Å². The summed E-state index contributed by atoms with van der Waals surface area (Å²) < 4.78 is 26.9. The first-order valence-corrected chi connectivity index (χ1v) is 10.9. The van der Waals surface area contributed by atoms with Crippen LogP contribution in [-0.4, -0.2) is 21.4 Å². The zero-order valence-corrected chi connectivity index (χ0v) is 17.3. The molecule has 0 aromatic heterocycles. The van der Waals surface area contributed by atoms with Crippen molar-refractivity contribution in [2.45, 2.75) is 24.3 Å². The van der Waals surface area contributed by atoms with Gasteiger partial charge in [0.25, 0.3) is 15.9 Å². The molecule has 0 heterocycles. The summed E-state index contributed by atoms with van der Waals surface area (Å²) in [7, 11) is -2.22. The van der Waals surface area contributed by atoms with Crippen molar-refractivity contribution in [2.24, 2.45) is 0 Å². The Morgan fingerprint density at radius 3 is 2.17 bits per heavy atom. The van der Waals surface area contributed by atoms with Gasteiger partial charge in [-0.3, -0.25) is 9.10 Å². The van der Waals surface area contributed by atoms with E-state index in [2.05, 4.69) is 5.32 Å². The molecule has 150 valence electrons. The number of benzene rings is 3. The molecule has 6 heteroatoms. The molecule has 0 aliphatic rings. The predicted molar refractivity (Wildman–Crippen MR) is 115 cm³/mol. The van der Waals surface area contributed by atoms with Crippen LogP contribution in [-0.2, 0) is 10.0 Å². The number of rotatable bonds is 7. The third-order valence-electron chi connectivity index (χ3n) is 4.79. The van der Waals surface area contributed by atoms with Crippen molar-refractivity contribution < 1.29 is 13.2 Å². The van der Waals surface area contributed by atoms with E-state index in [4.69, 9.17) is 0 Å². The molecule has 0 spiro atoms. The number of carbonyl (C=O) groups is 1. The topological polar surface area (TPSA) is 66.5 Å². The van der Waals surface area contributed by atoms with E-state index in [-0.39, 0.29) is 16.8 Å². The van der Waals surface area contributed by atoms with Gasteiger partial charge in [0.05, 0.1) is 16.6 Å².